The van der Waals surface area contributed by atoms with Gasteiger partial charge in [-0.25, -0.2) is 4.98 Å². The molecule has 0 bridgehead atoms. The molecule has 1 aromatic heterocycles. The molecule has 1 aromatic carbocycles. The van der Waals surface area contributed by atoms with E-state index in [9.17, 15) is 4.79 Å². The van der Waals surface area contributed by atoms with Gasteiger partial charge in [0, 0.05) is 18.4 Å². The van der Waals surface area contributed by atoms with Crippen LogP contribution in [0.25, 0.3) is 0 Å². The lowest BCUT2D eigenvalue weighted by Crippen LogP contribution is -2.41. The molecule has 2 aliphatic rings. The van der Waals surface area contributed by atoms with E-state index in [0.29, 0.717) is 24.9 Å². The second-order valence-electron chi connectivity index (χ2n) is 5.94. The van der Waals surface area contributed by atoms with Crippen LogP contribution in [0.3, 0.4) is 0 Å². The Balaban J connectivity index is 1.23. The Hall–Kier alpha value is -2.15. The fraction of sp³-hybridized carbons (Fsp3) is 0.412. The van der Waals surface area contributed by atoms with Crippen LogP contribution in [0.1, 0.15) is 18.9 Å². The maximum absolute atomic E-state index is 12.1. The average Bonchev–Trinajstić information content (AvgIpc) is 3.36. The van der Waals surface area contributed by atoms with Crippen molar-refractivity contribution in [2.24, 2.45) is 0 Å². The van der Waals surface area contributed by atoms with Gasteiger partial charge in [-0.15, -0.1) is 0 Å². The number of amides is 1. The number of benzene rings is 1. The Morgan fingerprint density at radius 1 is 1.33 bits per heavy atom. The molecule has 2 heterocycles. The molecule has 0 spiro atoms. The minimum atomic E-state index is -0.165. The minimum absolute atomic E-state index is 0.0206. The van der Waals surface area contributed by atoms with E-state index in [0.717, 1.165) is 16.7 Å². The van der Waals surface area contributed by atoms with Crippen molar-refractivity contribution in [1.82, 2.24) is 14.9 Å². The summed E-state index contributed by atoms with van der Waals surface area (Å²) in [5.41, 5.74) is 0. The minimum Gasteiger partial charge on any atom is -0.486 e. The molecule has 126 valence electrons. The van der Waals surface area contributed by atoms with E-state index < -0.39 is 0 Å². The van der Waals surface area contributed by atoms with Crippen LogP contribution in [0.4, 0.5) is 0 Å². The number of imidazole rings is 1. The molecule has 0 radical (unpaired) electrons. The van der Waals surface area contributed by atoms with Crippen LogP contribution in [-0.2, 0) is 4.79 Å². The fourth-order valence-electron chi connectivity index (χ4n) is 2.61. The summed E-state index contributed by atoms with van der Waals surface area (Å²) in [6, 6.07) is 8.14. The lowest BCUT2D eigenvalue weighted by molar-refractivity contribution is -0.119. The van der Waals surface area contributed by atoms with Gasteiger partial charge in [-0.05, 0) is 25.0 Å². The number of rotatable bonds is 6. The van der Waals surface area contributed by atoms with Gasteiger partial charge in [0.25, 0.3) is 0 Å². The summed E-state index contributed by atoms with van der Waals surface area (Å²) >= 11 is 1.47. The first kappa shape index (κ1) is 15.4. The average molecular weight is 345 g/mol. The molecular formula is C17H19N3O3S. The first-order valence-corrected chi connectivity index (χ1v) is 9.09. The smallest absolute Gasteiger partial charge is 0.230 e. The first-order chi connectivity index (χ1) is 11.8. The number of fused-ring (bicyclic) bond motifs is 1. The number of carbonyl (C=O) groups excluding carboxylic acids is 1. The van der Waals surface area contributed by atoms with Gasteiger partial charge < -0.3 is 19.4 Å². The van der Waals surface area contributed by atoms with Gasteiger partial charge in [0.05, 0.1) is 12.3 Å². The zero-order chi connectivity index (χ0) is 16.4. The topological polar surface area (TPSA) is 65.4 Å². The van der Waals surface area contributed by atoms with Crippen molar-refractivity contribution in [1.29, 1.82) is 0 Å². The molecule has 1 aliphatic heterocycles. The Morgan fingerprint density at radius 2 is 2.17 bits per heavy atom. The van der Waals surface area contributed by atoms with E-state index in [1.54, 1.807) is 6.20 Å². The summed E-state index contributed by atoms with van der Waals surface area (Å²) in [4.78, 5) is 16.4. The van der Waals surface area contributed by atoms with Crippen molar-refractivity contribution in [3.05, 3.63) is 36.7 Å². The van der Waals surface area contributed by atoms with Crippen LogP contribution in [0.5, 0.6) is 11.5 Å². The molecule has 2 aromatic rings. The van der Waals surface area contributed by atoms with E-state index in [-0.39, 0.29) is 12.0 Å². The zero-order valence-electron chi connectivity index (χ0n) is 13.2. The predicted molar refractivity (Wildman–Crippen MR) is 90.6 cm³/mol. The zero-order valence-corrected chi connectivity index (χ0v) is 14.0. The molecule has 6 nitrogen and oxygen atoms in total. The highest BCUT2D eigenvalue weighted by Crippen LogP contribution is 2.37. The molecule has 1 amide bonds. The highest BCUT2D eigenvalue weighted by atomic mass is 32.2. The maximum Gasteiger partial charge on any atom is 0.230 e. The second kappa shape index (κ2) is 6.76. The van der Waals surface area contributed by atoms with E-state index in [4.69, 9.17) is 9.47 Å². The third-order valence-corrected chi connectivity index (χ3v) is 4.98. The van der Waals surface area contributed by atoms with E-state index in [1.165, 1.54) is 24.6 Å². The van der Waals surface area contributed by atoms with Gasteiger partial charge in [0.2, 0.25) is 5.91 Å². The summed E-state index contributed by atoms with van der Waals surface area (Å²) in [6.07, 6.45) is 6.03. The number of nitrogens with zero attached hydrogens (tertiary/aromatic N) is 2. The third kappa shape index (κ3) is 3.51. The lowest BCUT2D eigenvalue weighted by Gasteiger charge is -2.26. The monoisotopic (exact) mass is 345 g/mol. The van der Waals surface area contributed by atoms with Gasteiger partial charge in [-0.2, -0.15) is 0 Å². The summed E-state index contributed by atoms with van der Waals surface area (Å²) in [5, 5.41) is 3.82. The van der Waals surface area contributed by atoms with Crippen molar-refractivity contribution in [3.63, 3.8) is 0 Å². The maximum atomic E-state index is 12.1. The third-order valence-electron chi connectivity index (χ3n) is 4.00. The molecule has 4 rings (SSSR count). The molecule has 7 heteroatoms. The number of nitrogens with one attached hydrogen (secondary N) is 1. The van der Waals surface area contributed by atoms with Crippen molar-refractivity contribution < 1.29 is 14.3 Å². The number of ether oxygens (including phenoxy) is 2. The van der Waals surface area contributed by atoms with Crippen LogP contribution < -0.4 is 14.8 Å². The van der Waals surface area contributed by atoms with Crippen LogP contribution in [0.2, 0.25) is 0 Å². The Bertz CT molecular complexity index is 729. The van der Waals surface area contributed by atoms with Crippen molar-refractivity contribution in [2.75, 3.05) is 18.9 Å². The molecular weight excluding hydrogens is 326 g/mol. The largest absolute Gasteiger partial charge is 0.486 e. The summed E-state index contributed by atoms with van der Waals surface area (Å²) in [6.45, 7) is 0.876. The molecule has 0 saturated heterocycles. The van der Waals surface area contributed by atoms with Gasteiger partial charge in [-0.3, -0.25) is 4.79 Å². The molecule has 1 atom stereocenters. The number of aromatic nitrogens is 2. The van der Waals surface area contributed by atoms with E-state index in [1.807, 2.05) is 30.5 Å². The standard InChI is InChI=1S/C17H19N3O3S/c21-16(11-24-17-18-7-8-20(17)12-5-6-12)19-9-13-10-22-14-3-1-2-4-15(14)23-13/h1-4,7-8,12-13H,5-6,9-11H2,(H,19,21). The lowest BCUT2D eigenvalue weighted by atomic mass is 10.2. The van der Waals surface area contributed by atoms with E-state index in [2.05, 4.69) is 14.9 Å². The molecule has 1 N–H and O–H groups in total. The molecule has 1 fully saturated rings. The molecule has 24 heavy (non-hydrogen) atoms. The van der Waals surface area contributed by atoms with Gasteiger partial charge in [-0.1, -0.05) is 23.9 Å². The van der Waals surface area contributed by atoms with Crippen molar-refractivity contribution >= 4 is 17.7 Å². The normalized spacial score (nSPS) is 19.1. The number of hydrogen-bond donors (Lipinski definition) is 1. The SMILES string of the molecule is O=C(CSc1nccn1C1CC1)NCC1COc2ccccc2O1. The first-order valence-electron chi connectivity index (χ1n) is 8.10. The Labute approximate surface area is 144 Å². The van der Waals surface area contributed by atoms with Crippen LogP contribution in [-0.4, -0.2) is 40.5 Å². The van der Waals surface area contributed by atoms with Crippen molar-refractivity contribution in [3.8, 4) is 11.5 Å². The second-order valence-corrected chi connectivity index (χ2v) is 6.88. The highest BCUT2D eigenvalue weighted by molar-refractivity contribution is 7.99. The van der Waals surface area contributed by atoms with Gasteiger partial charge >= 0.3 is 0 Å². The van der Waals surface area contributed by atoms with Gasteiger partial charge in [0.15, 0.2) is 16.7 Å². The summed E-state index contributed by atoms with van der Waals surface area (Å²) in [5.74, 6) is 1.81. The Morgan fingerprint density at radius 3 is 3.00 bits per heavy atom. The summed E-state index contributed by atoms with van der Waals surface area (Å²) < 4.78 is 13.6. The van der Waals surface area contributed by atoms with Crippen LogP contribution >= 0.6 is 11.8 Å². The molecule has 1 unspecified atom stereocenters. The van der Waals surface area contributed by atoms with Gasteiger partial charge in [0.1, 0.15) is 12.7 Å². The van der Waals surface area contributed by atoms with E-state index >= 15 is 0 Å². The molecule has 1 aliphatic carbocycles. The van der Waals surface area contributed by atoms with Crippen LogP contribution in [0, 0.1) is 0 Å². The number of carbonyl (C=O) groups is 1. The number of thioether (sulfide) groups is 1. The van der Waals surface area contributed by atoms with Crippen LogP contribution in [0.15, 0.2) is 41.8 Å². The number of para-hydroxylation sites is 2. The summed E-state index contributed by atoms with van der Waals surface area (Å²) in [7, 11) is 0. The predicted octanol–water partition coefficient (Wildman–Crippen LogP) is 2.27. The number of hydrogen-bond acceptors (Lipinski definition) is 5. The quantitative estimate of drug-likeness (QED) is 0.814. The highest BCUT2D eigenvalue weighted by Gasteiger charge is 2.26. The molecule has 1 saturated carbocycles. The fourth-order valence-corrected chi connectivity index (χ4v) is 3.47. The van der Waals surface area contributed by atoms with Crippen molar-refractivity contribution in [2.45, 2.75) is 30.1 Å². The Kier molecular flexibility index (Phi) is 4.34.